The monoisotopic (exact) mass is 256 g/mol. The molecule has 0 aliphatic rings. The van der Waals surface area contributed by atoms with Gasteiger partial charge in [0.2, 0.25) is 5.88 Å². The molecule has 0 aliphatic carbocycles. The number of hydrogen-bond acceptors (Lipinski definition) is 4. The molecule has 0 spiro atoms. The van der Waals surface area contributed by atoms with Gasteiger partial charge in [-0.05, 0) is 5.56 Å². The van der Waals surface area contributed by atoms with E-state index in [2.05, 4.69) is 20.2 Å². The lowest BCUT2D eigenvalue weighted by molar-refractivity contribution is 0.401. The van der Waals surface area contributed by atoms with Gasteiger partial charge in [0.05, 0.1) is 7.11 Å². The number of ether oxygens (including phenoxy) is 1. The van der Waals surface area contributed by atoms with Gasteiger partial charge in [0.15, 0.2) is 5.65 Å². The molecule has 3 rings (SSSR count). The number of aromatic amines is 2. The van der Waals surface area contributed by atoms with Crippen molar-refractivity contribution in [2.45, 2.75) is 6.42 Å². The summed E-state index contributed by atoms with van der Waals surface area (Å²) in [6, 6.07) is 9.80. The molecule has 2 aromatic heterocycles. The third kappa shape index (κ3) is 2.08. The van der Waals surface area contributed by atoms with Crippen molar-refractivity contribution >= 4 is 11.0 Å². The Morgan fingerprint density at radius 1 is 1.26 bits per heavy atom. The average Bonchev–Trinajstić information content (AvgIpc) is 2.83. The van der Waals surface area contributed by atoms with Crippen molar-refractivity contribution in [1.82, 2.24) is 20.2 Å². The lowest BCUT2D eigenvalue weighted by Crippen LogP contribution is -2.12. The Balaban J connectivity index is 2.05. The van der Waals surface area contributed by atoms with E-state index in [0.29, 0.717) is 29.2 Å². The molecule has 96 valence electrons. The van der Waals surface area contributed by atoms with E-state index in [9.17, 15) is 4.79 Å². The Morgan fingerprint density at radius 3 is 2.79 bits per heavy atom. The number of H-pyrrole nitrogens is 2. The number of benzene rings is 1. The number of rotatable bonds is 3. The standard InChI is InChI=1S/C13H12N4O2/c1-19-13-10-11(16-17-13)14-9(15-12(10)18)7-8-5-3-2-4-6-8/h2-6H,7H2,1H3,(H2,14,15,16,17,18). The van der Waals surface area contributed by atoms with Gasteiger partial charge in [0, 0.05) is 6.42 Å². The summed E-state index contributed by atoms with van der Waals surface area (Å²) >= 11 is 0. The van der Waals surface area contributed by atoms with Gasteiger partial charge in [0.25, 0.3) is 5.56 Å². The maximum Gasteiger partial charge on any atom is 0.266 e. The molecule has 0 atom stereocenters. The fraction of sp³-hybridized carbons (Fsp3) is 0.154. The van der Waals surface area contributed by atoms with E-state index in [-0.39, 0.29) is 5.56 Å². The zero-order chi connectivity index (χ0) is 13.2. The van der Waals surface area contributed by atoms with Crippen LogP contribution in [0.4, 0.5) is 0 Å². The first-order valence-electron chi connectivity index (χ1n) is 5.83. The van der Waals surface area contributed by atoms with Crippen molar-refractivity contribution in [3.8, 4) is 5.88 Å². The Hall–Kier alpha value is -2.63. The van der Waals surface area contributed by atoms with E-state index in [1.807, 2.05) is 30.3 Å². The number of hydrogen-bond donors (Lipinski definition) is 2. The van der Waals surface area contributed by atoms with Crippen molar-refractivity contribution in [3.05, 3.63) is 52.1 Å². The minimum absolute atomic E-state index is 0.249. The van der Waals surface area contributed by atoms with Crippen LogP contribution in [0.25, 0.3) is 11.0 Å². The minimum atomic E-state index is -0.249. The maximum atomic E-state index is 12.0. The SMILES string of the molecule is COc1[nH]nc2nc(Cc3ccccc3)[nH]c(=O)c12. The number of nitrogens with one attached hydrogen (secondary N) is 2. The maximum absolute atomic E-state index is 12.0. The highest BCUT2D eigenvalue weighted by Crippen LogP contribution is 2.16. The predicted octanol–water partition coefficient (Wildman–Crippen LogP) is 1.25. The van der Waals surface area contributed by atoms with Crippen molar-refractivity contribution < 1.29 is 4.74 Å². The first-order chi connectivity index (χ1) is 9.28. The van der Waals surface area contributed by atoms with Gasteiger partial charge < -0.3 is 9.72 Å². The van der Waals surface area contributed by atoms with Crippen LogP contribution in [0.15, 0.2) is 35.1 Å². The second kappa shape index (κ2) is 4.56. The molecule has 0 amide bonds. The van der Waals surface area contributed by atoms with Gasteiger partial charge in [-0.1, -0.05) is 30.3 Å². The van der Waals surface area contributed by atoms with Crippen molar-refractivity contribution in [2.24, 2.45) is 0 Å². The Kier molecular flexibility index (Phi) is 2.75. The molecule has 6 nitrogen and oxygen atoms in total. The number of nitrogens with zero attached hydrogens (tertiary/aromatic N) is 2. The third-order valence-electron chi connectivity index (χ3n) is 2.86. The lowest BCUT2D eigenvalue weighted by Gasteiger charge is -2.01. The fourth-order valence-corrected chi connectivity index (χ4v) is 1.97. The lowest BCUT2D eigenvalue weighted by atomic mass is 10.1. The Bertz CT molecular complexity index is 761. The molecule has 2 heterocycles. The molecule has 2 N–H and O–H groups in total. The molecule has 0 aliphatic heterocycles. The van der Waals surface area contributed by atoms with Gasteiger partial charge in [-0.15, -0.1) is 0 Å². The van der Waals surface area contributed by atoms with Crippen LogP contribution in [0.1, 0.15) is 11.4 Å². The van der Waals surface area contributed by atoms with Crippen LogP contribution >= 0.6 is 0 Å². The molecule has 3 aromatic rings. The quantitative estimate of drug-likeness (QED) is 0.738. The topological polar surface area (TPSA) is 83.7 Å². The molecule has 0 saturated heterocycles. The van der Waals surface area contributed by atoms with Gasteiger partial charge in [0.1, 0.15) is 11.2 Å². The normalized spacial score (nSPS) is 10.8. The third-order valence-corrected chi connectivity index (χ3v) is 2.86. The number of fused-ring (bicyclic) bond motifs is 1. The molecular formula is C13H12N4O2. The van der Waals surface area contributed by atoms with Crippen LogP contribution in [-0.2, 0) is 6.42 Å². The fourth-order valence-electron chi connectivity index (χ4n) is 1.97. The van der Waals surface area contributed by atoms with Crippen LogP contribution < -0.4 is 10.3 Å². The van der Waals surface area contributed by atoms with Gasteiger partial charge >= 0.3 is 0 Å². The average molecular weight is 256 g/mol. The number of methoxy groups -OCH3 is 1. The van der Waals surface area contributed by atoms with E-state index in [4.69, 9.17) is 4.74 Å². The summed E-state index contributed by atoms with van der Waals surface area (Å²) in [4.78, 5) is 19.1. The molecule has 0 saturated carbocycles. The molecular weight excluding hydrogens is 244 g/mol. The van der Waals surface area contributed by atoms with Gasteiger partial charge in [-0.2, -0.15) is 5.10 Å². The summed E-state index contributed by atoms with van der Waals surface area (Å²) in [6.45, 7) is 0. The summed E-state index contributed by atoms with van der Waals surface area (Å²) < 4.78 is 5.03. The summed E-state index contributed by atoms with van der Waals surface area (Å²) in [5, 5.41) is 6.96. The first-order valence-corrected chi connectivity index (χ1v) is 5.83. The van der Waals surface area contributed by atoms with Crippen LogP contribution in [0.2, 0.25) is 0 Å². The molecule has 1 aromatic carbocycles. The highest BCUT2D eigenvalue weighted by molar-refractivity contribution is 5.79. The van der Waals surface area contributed by atoms with Crippen molar-refractivity contribution in [1.29, 1.82) is 0 Å². The molecule has 19 heavy (non-hydrogen) atoms. The molecule has 0 radical (unpaired) electrons. The van der Waals surface area contributed by atoms with Crippen molar-refractivity contribution in [3.63, 3.8) is 0 Å². The number of aromatic nitrogens is 4. The Labute approximate surface area is 108 Å². The summed E-state index contributed by atoms with van der Waals surface area (Å²) in [5.74, 6) is 0.910. The molecule has 0 fully saturated rings. The zero-order valence-corrected chi connectivity index (χ0v) is 10.3. The molecule has 6 heteroatoms. The second-order valence-corrected chi connectivity index (χ2v) is 4.13. The summed E-state index contributed by atoms with van der Waals surface area (Å²) in [6.07, 6.45) is 0.557. The van der Waals surface area contributed by atoms with Crippen LogP contribution in [0, 0.1) is 0 Å². The van der Waals surface area contributed by atoms with E-state index < -0.39 is 0 Å². The van der Waals surface area contributed by atoms with Crippen molar-refractivity contribution in [2.75, 3.05) is 7.11 Å². The molecule has 0 unspecified atom stereocenters. The van der Waals surface area contributed by atoms with E-state index >= 15 is 0 Å². The summed E-state index contributed by atoms with van der Waals surface area (Å²) in [7, 11) is 1.48. The van der Waals surface area contributed by atoms with Crippen LogP contribution in [0.5, 0.6) is 5.88 Å². The van der Waals surface area contributed by atoms with Crippen LogP contribution in [0.3, 0.4) is 0 Å². The molecule has 0 bridgehead atoms. The second-order valence-electron chi connectivity index (χ2n) is 4.13. The Morgan fingerprint density at radius 2 is 2.05 bits per heavy atom. The van der Waals surface area contributed by atoms with Crippen LogP contribution in [-0.4, -0.2) is 27.3 Å². The predicted molar refractivity (Wildman–Crippen MR) is 70.3 cm³/mol. The van der Waals surface area contributed by atoms with E-state index in [0.717, 1.165) is 5.56 Å². The highest BCUT2D eigenvalue weighted by Gasteiger charge is 2.12. The van der Waals surface area contributed by atoms with E-state index in [1.165, 1.54) is 7.11 Å². The van der Waals surface area contributed by atoms with Gasteiger partial charge in [-0.25, -0.2) is 10.1 Å². The van der Waals surface area contributed by atoms with E-state index in [1.54, 1.807) is 0 Å². The zero-order valence-electron chi connectivity index (χ0n) is 10.3. The highest BCUT2D eigenvalue weighted by atomic mass is 16.5. The summed E-state index contributed by atoms with van der Waals surface area (Å²) in [5.41, 5.74) is 1.19. The smallest absolute Gasteiger partial charge is 0.266 e. The van der Waals surface area contributed by atoms with Gasteiger partial charge in [-0.3, -0.25) is 4.79 Å². The first kappa shape index (κ1) is 11.5. The minimum Gasteiger partial charge on any atom is -0.481 e. The largest absolute Gasteiger partial charge is 0.481 e.